The first-order valence-corrected chi connectivity index (χ1v) is 17.2. The van der Waals surface area contributed by atoms with Crippen molar-refractivity contribution >= 4 is 49.8 Å². The average Bonchev–Trinajstić information content (AvgIpc) is 2.92. The molecule has 0 spiro atoms. The van der Waals surface area contributed by atoms with Gasteiger partial charge in [0.2, 0.25) is 0 Å². The molecule has 5 aliphatic carbocycles. The van der Waals surface area contributed by atoms with Gasteiger partial charge in [-0.3, -0.25) is 4.79 Å². The van der Waals surface area contributed by atoms with Crippen molar-refractivity contribution in [2.75, 3.05) is 6.61 Å². The van der Waals surface area contributed by atoms with E-state index < -0.39 is 68.7 Å². The first kappa shape index (κ1) is 34.6. The van der Waals surface area contributed by atoms with Gasteiger partial charge in [-0.05, 0) is 94.3 Å². The Bertz CT molecular complexity index is 1270. The summed E-state index contributed by atoms with van der Waals surface area (Å²) in [4.78, 5) is 23.5. The Morgan fingerprint density at radius 3 is 2.23 bits per heavy atom. The molecule has 0 amide bonds. The zero-order chi connectivity index (χ0) is 32.8. The lowest BCUT2D eigenvalue weighted by molar-refractivity contribution is -0.252. The van der Waals surface area contributed by atoms with E-state index in [2.05, 4.69) is 39.5 Å². The van der Waals surface area contributed by atoms with Crippen LogP contribution in [0.3, 0.4) is 0 Å². The van der Waals surface area contributed by atoms with Gasteiger partial charge in [-0.2, -0.15) is 25.3 Å². The molecule has 0 radical (unpaired) electrons. The number of hydrogen-bond acceptors (Lipinski definition) is 11. The van der Waals surface area contributed by atoms with E-state index in [4.69, 9.17) is 34.7 Å². The van der Waals surface area contributed by atoms with Crippen molar-refractivity contribution in [2.45, 2.75) is 125 Å². The summed E-state index contributed by atoms with van der Waals surface area (Å²) in [5, 5.41) is 46.1. The van der Waals surface area contributed by atoms with E-state index in [1.54, 1.807) is 19.9 Å². The fourth-order valence-electron chi connectivity index (χ4n) is 10.5. The molecule has 5 rings (SSSR count). The van der Waals surface area contributed by atoms with Gasteiger partial charge >= 0.3 is 11.9 Å². The average molecular weight is 671 g/mol. The van der Waals surface area contributed by atoms with Crippen LogP contribution in [0.1, 0.15) is 86.5 Å². The maximum Gasteiger partial charge on any atom is 0.333 e. The maximum atomic E-state index is 13.2. The number of fused-ring (bicyclic) bond motifs is 7. The highest BCUT2D eigenvalue weighted by atomic mass is 32.1. The van der Waals surface area contributed by atoms with E-state index in [-0.39, 0.29) is 35.5 Å². The molecule has 0 aliphatic heterocycles. The number of allylic oxidation sites excluding steroid dienone is 2. The molecular formula is C33H50O8S3. The molecule has 5 aliphatic rings. The van der Waals surface area contributed by atoms with Gasteiger partial charge in [0.15, 0.2) is 12.2 Å². The molecule has 8 nitrogen and oxygen atoms in total. The Morgan fingerprint density at radius 2 is 1.64 bits per heavy atom. The quantitative estimate of drug-likeness (QED) is 0.0784. The van der Waals surface area contributed by atoms with Gasteiger partial charge in [-0.15, -0.1) is 12.6 Å². The minimum Gasteiger partial charge on any atom is -0.455 e. The highest BCUT2D eigenvalue weighted by Gasteiger charge is 2.74. The molecular weight excluding hydrogens is 621 g/mol. The van der Waals surface area contributed by atoms with E-state index in [9.17, 15) is 30.0 Å². The molecule has 44 heavy (non-hydrogen) atoms. The minimum atomic E-state index is -1.94. The molecule has 248 valence electrons. The smallest absolute Gasteiger partial charge is 0.333 e. The largest absolute Gasteiger partial charge is 0.455 e. The molecule has 0 aromatic heterocycles. The second kappa shape index (κ2) is 11.2. The Hall–Kier alpha value is -0.690. The summed E-state index contributed by atoms with van der Waals surface area (Å²) in [6.45, 7) is 10.5. The van der Waals surface area contributed by atoms with Crippen LogP contribution in [0, 0.1) is 34.0 Å². The Kier molecular flexibility index (Phi) is 8.81. The molecule has 4 saturated carbocycles. The van der Waals surface area contributed by atoms with Gasteiger partial charge in [0.25, 0.3) is 0 Å². The zero-order valence-electron chi connectivity index (χ0n) is 26.6. The van der Waals surface area contributed by atoms with Crippen molar-refractivity contribution in [2.24, 2.45) is 34.0 Å². The van der Waals surface area contributed by atoms with Gasteiger partial charge in [0, 0.05) is 22.0 Å². The summed E-state index contributed by atoms with van der Waals surface area (Å²) in [7, 11) is 0. The van der Waals surface area contributed by atoms with Crippen molar-refractivity contribution in [3.63, 3.8) is 0 Å². The summed E-state index contributed by atoms with van der Waals surface area (Å²) in [5.41, 5.74) is -0.807. The molecule has 13 atom stereocenters. The van der Waals surface area contributed by atoms with Crippen molar-refractivity contribution in [3.8, 4) is 0 Å². The molecule has 0 aromatic rings. The number of aliphatic hydroxyl groups excluding tert-OH is 3. The van der Waals surface area contributed by atoms with Crippen LogP contribution >= 0.6 is 37.9 Å². The highest BCUT2D eigenvalue weighted by molar-refractivity contribution is 7.82. The van der Waals surface area contributed by atoms with E-state index in [0.29, 0.717) is 12.0 Å². The first-order chi connectivity index (χ1) is 20.3. The number of hydrogen-bond donors (Lipinski definition) is 7. The number of rotatable bonds is 4. The molecule has 0 saturated heterocycles. The maximum absolute atomic E-state index is 13.2. The van der Waals surface area contributed by atoms with Crippen LogP contribution in [-0.2, 0) is 19.1 Å². The molecule has 4 fully saturated rings. The van der Waals surface area contributed by atoms with Crippen molar-refractivity contribution in [1.29, 1.82) is 0 Å². The number of carbonyl (C=O) groups is 2. The lowest BCUT2D eigenvalue weighted by Gasteiger charge is -2.71. The van der Waals surface area contributed by atoms with Gasteiger partial charge in [0.05, 0.1) is 24.2 Å². The summed E-state index contributed by atoms with van der Waals surface area (Å²) < 4.78 is 10.2. The van der Waals surface area contributed by atoms with Crippen molar-refractivity contribution in [3.05, 3.63) is 23.3 Å². The minimum absolute atomic E-state index is 0.0575. The first-order valence-electron chi connectivity index (χ1n) is 15.9. The second-order valence-electron chi connectivity index (χ2n) is 15.1. The predicted molar refractivity (Wildman–Crippen MR) is 177 cm³/mol. The third-order valence-corrected chi connectivity index (χ3v) is 15.1. The fourth-order valence-corrected chi connectivity index (χ4v) is 12.1. The third-order valence-electron chi connectivity index (χ3n) is 13.1. The lowest BCUT2D eigenvalue weighted by Crippen LogP contribution is -2.75. The van der Waals surface area contributed by atoms with Gasteiger partial charge in [0.1, 0.15) is 4.93 Å². The highest BCUT2D eigenvalue weighted by Crippen LogP contribution is 2.74. The standard InChI is InChI=1S/C33H50O8S3/c1-7-17(2)27(38)41-25-26(40-18(3)35)33(39,44)14-20-19-8-9-21-28(4)12-11-23(36)30(6,42)22(28)10-13-29(21,5)32(19,43)15-24(37)31(20,25)16-34/h7-8,20-26,34,36-37,39,42-44H,9-16H2,1-6H3/b17-7-/t20?,21?,22?,23-,24+,25-,26-,28+,29+,30-,31-,32-,33-/m0/s1. The SMILES string of the molecule is C/C=C(/C)C(=O)O[C@H]1[C@H](OC(C)=O)[C@@](O)(S)CC2C3=CCC4[C@@]5(C)CC[C@H](O)[C@@](C)(S)C5CC[C@@]4(C)[C@]3(S)C[C@@H](O)[C@]21CO. The van der Waals surface area contributed by atoms with E-state index in [0.717, 1.165) is 31.3 Å². The van der Waals surface area contributed by atoms with E-state index >= 15 is 0 Å². The number of ether oxygens (including phenoxy) is 2. The third kappa shape index (κ3) is 4.64. The Morgan fingerprint density at radius 1 is 0.977 bits per heavy atom. The van der Waals surface area contributed by atoms with Gasteiger partial charge < -0.3 is 29.9 Å². The van der Waals surface area contributed by atoms with Crippen LogP contribution in [0.15, 0.2) is 23.3 Å². The van der Waals surface area contributed by atoms with E-state index in [1.807, 2.05) is 0 Å². The predicted octanol–water partition coefficient (Wildman–Crippen LogP) is 4.06. The number of esters is 2. The summed E-state index contributed by atoms with van der Waals surface area (Å²) in [6, 6.07) is 0. The van der Waals surface area contributed by atoms with Crippen LogP contribution < -0.4 is 0 Å². The fraction of sp³-hybridized carbons (Fsp3) is 0.818. The normalized spacial score (nSPS) is 52.0. The molecule has 11 heteroatoms. The Balaban J connectivity index is 1.65. The number of aliphatic hydroxyl groups is 4. The molecule has 0 bridgehead atoms. The topological polar surface area (TPSA) is 134 Å². The van der Waals surface area contributed by atoms with Crippen LogP contribution in [0.25, 0.3) is 0 Å². The monoisotopic (exact) mass is 670 g/mol. The Labute approximate surface area is 277 Å². The molecule has 3 unspecified atom stereocenters. The van der Waals surface area contributed by atoms with Crippen LogP contribution in [-0.4, -0.2) is 77.8 Å². The summed E-state index contributed by atoms with van der Waals surface area (Å²) in [6.07, 6.45) is 3.21. The lowest BCUT2D eigenvalue weighted by atomic mass is 9.38. The summed E-state index contributed by atoms with van der Waals surface area (Å²) >= 11 is 15.1. The van der Waals surface area contributed by atoms with Crippen LogP contribution in [0.5, 0.6) is 0 Å². The van der Waals surface area contributed by atoms with Gasteiger partial charge in [-0.25, -0.2) is 4.79 Å². The second-order valence-corrected chi connectivity index (χ2v) is 17.6. The van der Waals surface area contributed by atoms with Crippen molar-refractivity contribution in [1.82, 2.24) is 0 Å². The summed E-state index contributed by atoms with van der Waals surface area (Å²) in [5.74, 6) is -1.72. The zero-order valence-corrected chi connectivity index (χ0v) is 29.3. The molecule has 0 aromatic carbocycles. The molecule has 0 heterocycles. The van der Waals surface area contributed by atoms with Crippen LogP contribution in [0.4, 0.5) is 0 Å². The number of carbonyl (C=O) groups excluding carboxylic acids is 2. The number of thiol groups is 3. The van der Waals surface area contributed by atoms with Crippen molar-refractivity contribution < 1.29 is 39.5 Å². The van der Waals surface area contributed by atoms with E-state index in [1.165, 1.54) is 6.92 Å². The molecule has 4 N–H and O–H groups in total. The van der Waals surface area contributed by atoms with Gasteiger partial charge in [-0.1, -0.05) is 31.6 Å². The van der Waals surface area contributed by atoms with Crippen LogP contribution in [0.2, 0.25) is 0 Å².